The molecule has 0 radical (unpaired) electrons. The molecule has 0 aliphatic rings. The minimum Gasteiger partial charge on any atom is -0.313 e. The molecule has 0 unspecified atom stereocenters. The van der Waals surface area contributed by atoms with Crippen molar-refractivity contribution in [1.29, 1.82) is 0 Å². The lowest BCUT2D eigenvalue weighted by atomic mass is 10.0. The van der Waals surface area contributed by atoms with E-state index in [2.05, 4.69) is 36.5 Å². The molecule has 94 valence electrons. The van der Waals surface area contributed by atoms with Crippen molar-refractivity contribution in [3.63, 3.8) is 0 Å². The van der Waals surface area contributed by atoms with Gasteiger partial charge in [0.05, 0.1) is 0 Å². The van der Waals surface area contributed by atoms with Crippen molar-refractivity contribution >= 4 is 23.2 Å². The van der Waals surface area contributed by atoms with E-state index in [0.29, 0.717) is 5.02 Å². The maximum Gasteiger partial charge on any atom is 0.0485 e. The third-order valence-corrected chi connectivity index (χ3v) is 3.34. The summed E-state index contributed by atoms with van der Waals surface area (Å²) in [5.41, 5.74) is 3.32. The third kappa shape index (κ3) is 3.26. The van der Waals surface area contributed by atoms with Crippen molar-refractivity contribution in [2.45, 2.75) is 13.5 Å². The maximum absolute atomic E-state index is 6.18. The molecule has 1 nitrogen and oxygen atoms in total. The average Bonchev–Trinajstić information content (AvgIpc) is 2.40. The van der Waals surface area contributed by atoms with Crippen LogP contribution < -0.4 is 5.32 Å². The SMILES string of the molecule is CCNCc1ccc(-c2cc(Cl)ccc2Cl)cc1. The molecule has 0 amide bonds. The van der Waals surface area contributed by atoms with Gasteiger partial charge < -0.3 is 5.32 Å². The van der Waals surface area contributed by atoms with Crippen molar-refractivity contribution in [3.05, 3.63) is 58.1 Å². The molecule has 2 rings (SSSR count). The molecular weight excluding hydrogens is 265 g/mol. The molecule has 0 saturated heterocycles. The first-order chi connectivity index (χ1) is 8.70. The largest absolute Gasteiger partial charge is 0.313 e. The fourth-order valence-electron chi connectivity index (χ4n) is 1.79. The summed E-state index contributed by atoms with van der Waals surface area (Å²) in [4.78, 5) is 0. The number of halogens is 2. The summed E-state index contributed by atoms with van der Waals surface area (Å²) in [7, 11) is 0. The van der Waals surface area contributed by atoms with E-state index in [0.717, 1.165) is 29.2 Å². The van der Waals surface area contributed by atoms with Gasteiger partial charge in [0.15, 0.2) is 0 Å². The minimum atomic E-state index is 0.700. The van der Waals surface area contributed by atoms with E-state index in [4.69, 9.17) is 23.2 Å². The highest BCUT2D eigenvalue weighted by Crippen LogP contribution is 2.30. The quantitative estimate of drug-likeness (QED) is 0.850. The van der Waals surface area contributed by atoms with Crippen molar-refractivity contribution < 1.29 is 0 Å². The van der Waals surface area contributed by atoms with Gasteiger partial charge in [-0.05, 0) is 35.9 Å². The van der Waals surface area contributed by atoms with E-state index in [1.807, 2.05) is 12.1 Å². The van der Waals surface area contributed by atoms with Gasteiger partial charge in [-0.25, -0.2) is 0 Å². The smallest absolute Gasteiger partial charge is 0.0485 e. The molecule has 0 aliphatic carbocycles. The fraction of sp³-hybridized carbons (Fsp3) is 0.200. The number of hydrogen-bond acceptors (Lipinski definition) is 1. The minimum absolute atomic E-state index is 0.700. The van der Waals surface area contributed by atoms with Crippen LogP contribution in [0.2, 0.25) is 10.0 Å². The Bertz CT molecular complexity index is 521. The van der Waals surface area contributed by atoms with Gasteiger partial charge in [0.2, 0.25) is 0 Å². The standard InChI is InChI=1S/C15H15Cl2N/c1-2-18-10-11-3-5-12(6-4-11)14-9-13(16)7-8-15(14)17/h3-9,18H,2,10H2,1H3. The van der Waals surface area contributed by atoms with Crippen LogP contribution in [0.4, 0.5) is 0 Å². The van der Waals surface area contributed by atoms with Crippen molar-refractivity contribution in [2.75, 3.05) is 6.54 Å². The number of rotatable bonds is 4. The second-order valence-corrected chi connectivity index (χ2v) is 4.95. The zero-order valence-electron chi connectivity index (χ0n) is 10.2. The molecule has 0 heterocycles. The summed E-state index contributed by atoms with van der Waals surface area (Å²) in [6.07, 6.45) is 0. The van der Waals surface area contributed by atoms with Crippen LogP contribution in [0.3, 0.4) is 0 Å². The van der Waals surface area contributed by atoms with Crippen LogP contribution in [0.15, 0.2) is 42.5 Å². The Labute approximate surface area is 118 Å². The molecule has 0 bridgehead atoms. The first kappa shape index (κ1) is 13.4. The van der Waals surface area contributed by atoms with E-state index >= 15 is 0 Å². The number of hydrogen-bond donors (Lipinski definition) is 1. The first-order valence-corrected chi connectivity index (χ1v) is 6.71. The summed E-state index contributed by atoms with van der Waals surface area (Å²) in [5, 5.41) is 4.72. The molecule has 2 aromatic carbocycles. The predicted molar refractivity (Wildman–Crippen MR) is 79.3 cm³/mol. The van der Waals surface area contributed by atoms with Crippen LogP contribution in [-0.2, 0) is 6.54 Å². The van der Waals surface area contributed by atoms with Crippen LogP contribution in [0.1, 0.15) is 12.5 Å². The van der Waals surface area contributed by atoms with Crippen molar-refractivity contribution in [1.82, 2.24) is 5.32 Å². The highest BCUT2D eigenvalue weighted by atomic mass is 35.5. The Balaban J connectivity index is 2.25. The molecule has 0 aromatic heterocycles. The van der Waals surface area contributed by atoms with Crippen LogP contribution in [0.25, 0.3) is 11.1 Å². The van der Waals surface area contributed by atoms with Crippen molar-refractivity contribution in [2.24, 2.45) is 0 Å². The molecule has 1 N–H and O–H groups in total. The van der Waals surface area contributed by atoms with E-state index in [-0.39, 0.29) is 0 Å². The molecule has 0 spiro atoms. The van der Waals surface area contributed by atoms with Gasteiger partial charge in [-0.3, -0.25) is 0 Å². The van der Waals surface area contributed by atoms with Gasteiger partial charge in [-0.15, -0.1) is 0 Å². The Morgan fingerprint density at radius 1 is 1.00 bits per heavy atom. The zero-order chi connectivity index (χ0) is 13.0. The van der Waals surface area contributed by atoms with Gasteiger partial charge in [0.25, 0.3) is 0 Å². The van der Waals surface area contributed by atoms with Gasteiger partial charge in [-0.2, -0.15) is 0 Å². The third-order valence-electron chi connectivity index (χ3n) is 2.77. The predicted octanol–water partition coefficient (Wildman–Crippen LogP) is 4.77. The summed E-state index contributed by atoms with van der Waals surface area (Å²) >= 11 is 12.2. The average molecular weight is 280 g/mol. The van der Waals surface area contributed by atoms with Gasteiger partial charge in [0.1, 0.15) is 0 Å². The van der Waals surface area contributed by atoms with E-state index in [9.17, 15) is 0 Å². The topological polar surface area (TPSA) is 12.0 Å². The number of benzene rings is 2. The van der Waals surface area contributed by atoms with E-state index < -0.39 is 0 Å². The first-order valence-electron chi connectivity index (χ1n) is 5.96. The molecule has 0 fully saturated rings. The summed E-state index contributed by atoms with van der Waals surface area (Å²) in [6.45, 7) is 3.96. The molecule has 0 aliphatic heterocycles. The fourth-order valence-corrected chi connectivity index (χ4v) is 2.19. The second kappa shape index (κ2) is 6.24. The Morgan fingerprint density at radius 2 is 1.72 bits per heavy atom. The zero-order valence-corrected chi connectivity index (χ0v) is 11.7. The van der Waals surface area contributed by atoms with Gasteiger partial charge in [0, 0.05) is 22.2 Å². The Hall–Kier alpha value is -1.02. The van der Waals surface area contributed by atoms with Crippen LogP contribution in [0.5, 0.6) is 0 Å². The molecule has 0 atom stereocenters. The summed E-state index contributed by atoms with van der Waals surface area (Å²) < 4.78 is 0. The van der Waals surface area contributed by atoms with Crippen LogP contribution in [-0.4, -0.2) is 6.54 Å². The molecule has 2 aromatic rings. The molecule has 18 heavy (non-hydrogen) atoms. The van der Waals surface area contributed by atoms with Gasteiger partial charge >= 0.3 is 0 Å². The van der Waals surface area contributed by atoms with Crippen LogP contribution >= 0.6 is 23.2 Å². The lowest BCUT2D eigenvalue weighted by molar-refractivity contribution is 0.727. The normalized spacial score (nSPS) is 10.6. The van der Waals surface area contributed by atoms with Gasteiger partial charge in [-0.1, -0.05) is 54.4 Å². The van der Waals surface area contributed by atoms with Crippen LogP contribution in [0, 0.1) is 0 Å². The lowest BCUT2D eigenvalue weighted by Crippen LogP contribution is -2.11. The summed E-state index contributed by atoms with van der Waals surface area (Å²) in [5.74, 6) is 0. The summed E-state index contributed by atoms with van der Waals surface area (Å²) in [6, 6.07) is 13.9. The maximum atomic E-state index is 6.18. The highest BCUT2D eigenvalue weighted by Gasteiger charge is 2.04. The monoisotopic (exact) mass is 279 g/mol. The molecule has 0 saturated carbocycles. The van der Waals surface area contributed by atoms with Crippen molar-refractivity contribution in [3.8, 4) is 11.1 Å². The molecular formula is C15H15Cl2N. The highest BCUT2D eigenvalue weighted by molar-refractivity contribution is 6.35. The van der Waals surface area contributed by atoms with E-state index in [1.54, 1.807) is 6.07 Å². The van der Waals surface area contributed by atoms with E-state index in [1.165, 1.54) is 5.56 Å². The number of nitrogens with one attached hydrogen (secondary N) is 1. The lowest BCUT2D eigenvalue weighted by Gasteiger charge is -2.07. The Kier molecular flexibility index (Phi) is 4.65. The molecule has 3 heteroatoms. The Morgan fingerprint density at radius 3 is 2.39 bits per heavy atom. The second-order valence-electron chi connectivity index (χ2n) is 4.10.